The summed E-state index contributed by atoms with van der Waals surface area (Å²) in [4.78, 5) is 1.20. The predicted molar refractivity (Wildman–Crippen MR) is 68.1 cm³/mol. The first-order valence-electron chi connectivity index (χ1n) is 5.46. The van der Waals surface area contributed by atoms with Gasteiger partial charge in [0, 0.05) is 16.6 Å². The fourth-order valence-electron chi connectivity index (χ4n) is 1.71. The molecule has 0 aromatic rings. The second-order valence-corrected chi connectivity index (χ2v) is 5.13. The van der Waals surface area contributed by atoms with E-state index in [4.69, 9.17) is 11.5 Å². The molecule has 0 aliphatic heterocycles. The van der Waals surface area contributed by atoms with Gasteiger partial charge in [0.2, 0.25) is 0 Å². The van der Waals surface area contributed by atoms with E-state index in [9.17, 15) is 0 Å². The van der Waals surface area contributed by atoms with Crippen molar-refractivity contribution in [1.29, 1.82) is 0 Å². The first kappa shape index (κ1) is 12.5. The molecule has 0 heterocycles. The zero-order valence-corrected chi connectivity index (χ0v) is 10.2. The Balaban J connectivity index is 2.49. The van der Waals surface area contributed by atoms with Crippen molar-refractivity contribution in [3.8, 4) is 0 Å². The van der Waals surface area contributed by atoms with Gasteiger partial charge in [0.1, 0.15) is 0 Å². The highest BCUT2D eigenvalue weighted by Gasteiger charge is 2.19. The molecule has 3 nitrogen and oxygen atoms in total. The molecule has 1 aliphatic rings. The van der Waals surface area contributed by atoms with Crippen LogP contribution in [0, 0.1) is 0 Å². The van der Waals surface area contributed by atoms with Crippen molar-refractivity contribution in [2.24, 2.45) is 11.5 Å². The molecule has 0 fully saturated rings. The Morgan fingerprint density at radius 3 is 3.00 bits per heavy atom. The minimum Gasteiger partial charge on any atom is -0.401 e. The topological polar surface area (TPSA) is 64.1 Å². The zero-order valence-electron chi connectivity index (χ0n) is 9.38. The molecule has 0 aromatic heterocycles. The molecule has 0 saturated carbocycles. The molecule has 4 heteroatoms. The van der Waals surface area contributed by atoms with Gasteiger partial charge in [0.25, 0.3) is 0 Å². The van der Waals surface area contributed by atoms with Crippen LogP contribution in [-0.2, 0) is 0 Å². The van der Waals surface area contributed by atoms with Crippen molar-refractivity contribution >= 4 is 11.8 Å². The van der Waals surface area contributed by atoms with E-state index in [1.165, 1.54) is 23.1 Å². The third-order valence-electron chi connectivity index (χ3n) is 2.49. The van der Waals surface area contributed by atoms with Gasteiger partial charge in [-0.3, -0.25) is 0 Å². The van der Waals surface area contributed by atoms with E-state index < -0.39 is 0 Å². The summed E-state index contributed by atoms with van der Waals surface area (Å²) in [7, 11) is 0. The molecule has 0 aromatic carbocycles. The first-order chi connectivity index (χ1) is 7.13. The van der Waals surface area contributed by atoms with E-state index in [0.717, 1.165) is 31.5 Å². The van der Waals surface area contributed by atoms with Crippen molar-refractivity contribution < 1.29 is 0 Å². The number of nitrogens with one attached hydrogen (secondary N) is 1. The Morgan fingerprint density at radius 2 is 2.40 bits per heavy atom. The van der Waals surface area contributed by atoms with Crippen LogP contribution in [0.5, 0.6) is 0 Å². The third kappa shape index (κ3) is 4.18. The average molecular weight is 227 g/mol. The monoisotopic (exact) mass is 227 g/mol. The molecule has 0 saturated heterocycles. The largest absolute Gasteiger partial charge is 0.401 e. The highest BCUT2D eigenvalue weighted by Crippen LogP contribution is 2.32. The fraction of sp³-hybridized carbons (Fsp3) is 0.636. The number of allylic oxidation sites excluding steroid dienone is 1. The summed E-state index contributed by atoms with van der Waals surface area (Å²) in [6.07, 6.45) is 4.26. The standard InChI is InChI=1S/C11H21N3S/c1-3-6-14-9-4-5-10(13)11(7-9)15-8(2)12/h9,14H,2-7,12-13H2,1H3. The highest BCUT2D eigenvalue weighted by molar-refractivity contribution is 8.06. The maximum atomic E-state index is 5.95. The molecular weight excluding hydrogens is 206 g/mol. The summed E-state index contributed by atoms with van der Waals surface area (Å²) < 4.78 is 0. The van der Waals surface area contributed by atoms with Gasteiger partial charge in [-0.25, -0.2) is 0 Å². The molecule has 0 radical (unpaired) electrons. The smallest absolute Gasteiger partial charge is 0.0627 e. The van der Waals surface area contributed by atoms with E-state index in [1.807, 2.05) is 0 Å². The van der Waals surface area contributed by atoms with Crippen LogP contribution in [0.25, 0.3) is 0 Å². The van der Waals surface area contributed by atoms with Crippen molar-refractivity contribution in [1.82, 2.24) is 5.32 Å². The molecule has 0 amide bonds. The molecule has 1 aliphatic carbocycles. The van der Waals surface area contributed by atoms with Crippen LogP contribution in [0.4, 0.5) is 0 Å². The van der Waals surface area contributed by atoms with Gasteiger partial charge in [0.05, 0.1) is 5.03 Å². The first-order valence-corrected chi connectivity index (χ1v) is 6.28. The minimum absolute atomic E-state index is 0.555. The second-order valence-electron chi connectivity index (χ2n) is 3.91. The van der Waals surface area contributed by atoms with E-state index in [1.54, 1.807) is 0 Å². The summed E-state index contributed by atoms with van der Waals surface area (Å²) in [6, 6.07) is 0.555. The van der Waals surface area contributed by atoms with E-state index in [-0.39, 0.29) is 0 Å². The summed E-state index contributed by atoms with van der Waals surface area (Å²) in [5.41, 5.74) is 12.5. The highest BCUT2D eigenvalue weighted by atomic mass is 32.2. The quantitative estimate of drug-likeness (QED) is 0.671. The van der Waals surface area contributed by atoms with E-state index in [0.29, 0.717) is 11.1 Å². The third-order valence-corrected chi connectivity index (χ3v) is 3.43. The minimum atomic E-state index is 0.555. The van der Waals surface area contributed by atoms with Crippen LogP contribution in [0.3, 0.4) is 0 Å². The number of thioether (sulfide) groups is 1. The molecular formula is C11H21N3S. The molecule has 15 heavy (non-hydrogen) atoms. The lowest BCUT2D eigenvalue weighted by atomic mass is 9.99. The summed E-state index contributed by atoms with van der Waals surface area (Å²) >= 11 is 1.52. The van der Waals surface area contributed by atoms with Gasteiger partial charge < -0.3 is 16.8 Å². The summed E-state index contributed by atoms with van der Waals surface area (Å²) in [6.45, 7) is 6.95. The molecule has 5 N–H and O–H groups in total. The van der Waals surface area contributed by atoms with Crippen molar-refractivity contribution in [2.45, 2.75) is 38.6 Å². The number of hydrogen-bond donors (Lipinski definition) is 3. The summed E-state index contributed by atoms with van der Waals surface area (Å²) in [5, 5.41) is 4.15. The Hall–Kier alpha value is -0.610. The van der Waals surface area contributed by atoms with E-state index in [2.05, 4.69) is 18.8 Å². The lowest BCUT2D eigenvalue weighted by Gasteiger charge is -2.26. The molecule has 0 spiro atoms. The van der Waals surface area contributed by atoms with Crippen molar-refractivity contribution in [3.63, 3.8) is 0 Å². The van der Waals surface area contributed by atoms with Crippen LogP contribution in [0.15, 0.2) is 22.2 Å². The van der Waals surface area contributed by atoms with Crippen LogP contribution < -0.4 is 16.8 Å². The van der Waals surface area contributed by atoms with Gasteiger partial charge in [-0.2, -0.15) is 0 Å². The number of nitrogens with two attached hydrogens (primary N) is 2. The van der Waals surface area contributed by atoms with Crippen LogP contribution in [0.2, 0.25) is 0 Å². The number of rotatable bonds is 5. The maximum absolute atomic E-state index is 5.95. The lowest BCUT2D eigenvalue weighted by Crippen LogP contribution is -2.33. The normalized spacial score (nSPS) is 21.8. The van der Waals surface area contributed by atoms with Gasteiger partial charge in [-0.15, -0.1) is 0 Å². The van der Waals surface area contributed by atoms with Crippen LogP contribution in [0.1, 0.15) is 32.6 Å². The maximum Gasteiger partial charge on any atom is 0.0627 e. The Bertz CT molecular complexity index is 261. The van der Waals surface area contributed by atoms with Gasteiger partial charge in [-0.05, 0) is 32.2 Å². The fourth-order valence-corrected chi connectivity index (χ4v) is 2.55. The Morgan fingerprint density at radius 1 is 1.67 bits per heavy atom. The van der Waals surface area contributed by atoms with Gasteiger partial charge >= 0.3 is 0 Å². The Labute approximate surface area is 96.4 Å². The second kappa shape index (κ2) is 6.08. The number of hydrogen-bond acceptors (Lipinski definition) is 4. The molecule has 1 unspecified atom stereocenters. The average Bonchev–Trinajstić information content (AvgIpc) is 2.18. The van der Waals surface area contributed by atoms with Crippen LogP contribution in [-0.4, -0.2) is 12.6 Å². The van der Waals surface area contributed by atoms with Gasteiger partial charge in [-0.1, -0.05) is 25.3 Å². The zero-order chi connectivity index (χ0) is 11.3. The molecule has 0 bridgehead atoms. The Kier molecular flexibility index (Phi) is 5.05. The van der Waals surface area contributed by atoms with Crippen molar-refractivity contribution in [3.05, 3.63) is 22.2 Å². The SMILES string of the molecule is C=C(N)SC1=C(N)CCC(NCCC)C1. The lowest BCUT2D eigenvalue weighted by molar-refractivity contribution is 0.463. The van der Waals surface area contributed by atoms with Gasteiger partial charge in [0.15, 0.2) is 0 Å². The molecule has 86 valence electrons. The predicted octanol–water partition coefficient (Wildman–Crippen LogP) is 1.87. The summed E-state index contributed by atoms with van der Waals surface area (Å²) in [5.74, 6) is 0. The van der Waals surface area contributed by atoms with Crippen LogP contribution >= 0.6 is 11.8 Å². The molecule has 1 atom stereocenters. The molecule has 1 rings (SSSR count). The van der Waals surface area contributed by atoms with Crippen molar-refractivity contribution in [2.75, 3.05) is 6.54 Å². The van der Waals surface area contributed by atoms with E-state index >= 15 is 0 Å².